The maximum Gasteiger partial charge on any atom is 0.243 e. The Kier molecular flexibility index (Phi) is 8.56. The zero-order chi connectivity index (χ0) is 27.9. The molecule has 3 amide bonds. The molecule has 0 bridgehead atoms. The second-order valence-electron chi connectivity index (χ2n) is 10.4. The van der Waals surface area contributed by atoms with Gasteiger partial charge in [-0.1, -0.05) is 78.9 Å². The lowest BCUT2D eigenvalue weighted by Gasteiger charge is -2.27. The number of hydrogen-bond donors (Lipinski definition) is 4. The lowest BCUT2D eigenvalue weighted by Crippen LogP contribution is -2.56. The molecule has 40 heavy (non-hydrogen) atoms. The number of nitrogens with two attached hydrogens (primary N) is 1. The molecule has 5 rings (SSSR count). The molecule has 1 aliphatic rings. The Hall–Kier alpha value is -4.43. The van der Waals surface area contributed by atoms with Gasteiger partial charge in [0.2, 0.25) is 17.7 Å². The lowest BCUT2D eigenvalue weighted by molar-refractivity contribution is -0.133. The van der Waals surface area contributed by atoms with Crippen molar-refractivity contribution in [3.63, 3.8) is 0 Å². The van der Waals surface area contributed by atoms with Gasteiger partial charge in [-0.25, -0.2) is 0 Å². The number of nitrogens with one attached hydrogen (secondary N) is 3. The molecule has 0 radical (unpaired) electrons. The molecule has 8 heteroatoms. The van der Waals surface area contributed by atoms with Crippen molar-refractivity contribution >= 4 is 28.6 Å². The number of hydrogen-bond acceptors (Lipinski definition) is 4. The minimum absolute atomic E-state index is 0.188. The molecule has 0 unspecified atom stereocenters. The number of benzene rings is 3. The summed E-state index contributed by atoms with van der Waals surface area (Å²) in [6, 6.07) is 25.2. The molecule has 3 aromatic carbocycles. The molecular weight excluding hydrogens is 502 g/mol. The Morgan fingerprint density at radius 3 is 2.25 bits per heavy atom. The fraction of sp³-hybridized carbons (Fsp3) is 0.281. The first kappa shape index (κ1) is 27.1. The average molecular weight is 538 g/mol. The third kappa shape index (κ3) is 6.58. The van der Waals surface area contributed by atoms with Crippen LogP contribution in [0.1, 0.15) is 29.5 Å². The van der Waals surface area contributed by atoms with Crippen LogP contribution in [0.4, 0.5) is 0 Å². The number of carbonyl (C=O) groups excluding carboxylic acids is 3. The van der Waals surface area contributed by atoms with Gasteiger partial charge in [-0.2, -0.15) is 0 Å². The number of H-pyrrole nitrogens is 1. The smallest absolute Gasteiger partial charge is 0.243 e. The van der Waals surface area contributed by atoms with Crippen LogP contribution in [0.15, 0.2) is 91.1 Å². The number of primary amides is 1. The van der Waals surface area contributed by atoms with Crippen molar-refractivity contribution in [3.8, 4) is 0 Å². The van der Waals surface area contributed by atoms with Gasteiger partial charge in [0.15, 0.2) is 0 Å². The first-order chi connectivity index (χ1) is 19.5. The molecule has 3 atom stereocenters. The Morgan fingerprint density at radius 1 is 0.850 bits per heavy atom. The van der Waals surface area contributed by atoms with Gasteiger partial charge >= 0.3 is 0 Å². The fourth-order valence-electron chi connectivity index (χ4n) is 5.47. The molecule has 4 aromatic rings. The molecule has 8 nitrogen and oxygen atoms in total. The second kappa shape index (κ2) is 12.6. The molecule has 5 N–H and O–H groups in total. The van der Waals surface area contributed by atoms with Crippen molar-refractivity contribution in [1.82, 2.24) is 20.5 Å². The maximum absolute atomic E-state index is 13.7. The summed E-state index contributed by atoms with van der Waals surface area (Å²) in [6.45, 7) is 1.48. The Bertz CT molecular complexity index is 1450. The number of likely N-dealkylation sites (tertiary alicyclic amines) is 1. The highest BCUT2D eigenvalue weighted by Gasteiger charge is 2.34. The highest BCUT2D eigenvalue weighted by atomic mass is 16.2. The molecule has 1 aliphatic heterocycles. The summed E-state index contributed by atoms with van der Waals surface area (Å²) < 4.78 is 0. The summed E-state index contributed by atoms with van der Waals surface area (Å²) in [5.74, 6) is -1.25. The van der Waals surface area contributed by atoms with Crippen molar-refractivity contribution in [2.45, 2.75) is 50.4 Å². The van der Waals surface area contributed by atoms with E-state index >= 15 is 0 Å². The van der Waals surface area contributed by atoms with Crippen LogP contribution in [0.5, 0.6) is 0 Å². The Labute approximate surface area is 233 Å². The first-order valence-electron chi connectivity index (χ1n) is 13.7. The normalized spacial score (nSPS) is 16.9. The summed E-state index contributed by atoms with van der Waals surface area (Å²) in [6.07, 6.45) is 4.03. The van der Waals surface area contributed by atoms with E-state index in [9.17, 15) is 14.4 Å². The molecule has 1 aromatic heterocycles. The van der Waals surface area contributed by atoms with E-state index in [0.29, 0.717) is 6.54 Å². The predicted molar refractivity (Wildman–Crippen MR) is 155 cm³/mol. The van der Waals surface area contributed by atoms with E-state index in [-0.39, 0.29) is 24.8 Å². The number of aromatic amines is 1. The average Bonchev–Trinajstić information content (AvgIpc) is 3.60. The van der Waals surface area contributed by atoms with E-state index in [0.717, 1.165) is 47.0 Å². The van der Waals surface area contributed by atoms with E-state index in [1.54, 1.807) is 0 Å². The van der Waals surface area contributed by atoms with Gasteiger partial charge in [-0.3, -0.25) is 19.3 Å². The predicted octanol–water partition coefficient (Wildman–Crippen LogP) is 3.07. The monoisotopic (exact) mass is 537 g/mol. The summed E-state index contributed by atoms with van der Waals surface area (Å²) in [4.78, 5) is 45.0. The van der Waals surface area contributed by atoms with Crippen LogP contribution in [-0.4, -0.2) is 52.3 Å². The number of fused-ring (bicyclic) bond motifs is 1. The van der Waals surface area contributed by atoms with Crippen LogP contribution in [0.2, 0.25) is 0 Å². The van der Waals surface area contributed by atoms with Crippen LogP contribution in [-0.2, 0) is 33.8 Å². The molecule has 2 heterocycles. The van der Waals surface area contributed by atoms with Crippen molar-refractivity contribution in [1.29, 1.82) is 0 Å². The summed E-state index contributed by atoms with van der Waals surface area (Å²) in [5, 5.41) is 6.83. The van der Waals surface area contributed by atoms with E-state index in [1.165, 1.54) is 0 Å². The third-order valence-corrected chi connectivity index (χ3v) is 7.57. The standard InChI is InChI=1S/C32H35N5O3/c33-30(38)27(18-22-10-3-1-4-11-22)35-31(39)28(19-24-20-34-26-15-8-7-14-25(24)26)36-32(40)29-16-9-17-37(29)21-23-12-5-2-6-13-23/h1-8,10-15,20,27-29,34H,9,16-19,21H2,(H2,33,38)(H,35,39)(H,36,40)/t27-,28-,29-/m0/s1. The summed E-state index contributed by atoms with van der Waals surface area (Å²) >= 11 is 0. The quantitative estimate of drug-likeness (QED) is 0.235. The van der Waals surface area contributed by atoms with E-state index in [4.69, 9.17) is 5.73 Å². The van der Waals surface area contributed by atoms with Crippen LogP contribution >= 0.6 is 0 Å². The Morgan fingerprint density at radius 2 is 1.52 bits per heavy atom. The van der Waals surface area contributed by atoms with Crippen LogP contribution in [0, 0.1) is 0 Å². The molecule has 206 valence electrons. The maximum atomic E-state index is 13.7. The van der Waals surface area contributed by atoms with Gasteiger partial charge in [0.05, 0.1) is 6.04 Å². The molecule has 0 spiro atoms. The highest BCUT2D eigenvalue weighted by Crippen LogP contribution is 2.22. The molecule has 1 fully saturated rings. The van der Waals surface area contributed by atoms with Gasteiger partial charge in [0.25, 0.3) is 0 Å². The van der Waals surface area contributed by atoms with E-state index in [1.807, 2.05) is 79.0 Å². The number of rotatable bonds is 11. The summed E-state index contributed by atoms with van der Waals surface area (Å²) in [5.41, 5.74) is 9.56. The topological polar surface area (TPSA) is 120 Å². The van der Waals surface area contributed by atoms with Crippen molar-refractivity contribution < 1.29 is 14.4 Å². The minimum Gasteiger partial charge on any atom is -0.368 e. The second-order valence-corrected chi connectivity index (χ2v) is 10.4. The molecular formula is C32H35N5O3. The van der Waals surface area contributed by atoms with E-state index < -0.39 is 23.9 Å². The number of para-hydroxylation sites is 1. The summed E-state index contributed by atoms with van der Waals surface area (Å²) in [7, 11) is 0. The SMILES string of the molecule is NC(=O)[C@H](Cc1ccccc1)NC(=O)[C@H](Cc1c[nH]c2ccccc12)NC(=O)[C@@H]1CCCN1Cc1ccccc1. The number of nitrogens with zero attached hydrogens (tertiary/aromatic N) is 1. The number of aromatic nitrogens is 1. The minimum atomic E-state index is -0.904. The Balaban J connectivity index is 1.35. The fourth-order valence-corrected chi connectivity index (χ4v) is 5.47. The molecule has 0 saturated carbocycles. The van der Waals surface area contributed by atoms with Crippen LogP contribution in [0.25, 0.3) is 10.9 Å². The highest BCUT2D eigenvalue weighted by molar-refractivity contribution is 5.94. The van der Waals surface area contributed by atoms with Gasteiger partial charge in [0, 0.05) is 36.5 Å². The zero-order valence-electron chi connectivity index (χ0n) is 22.4. The van der Waals surface area contributed by atoms with Crippen molar-refractivity contribution in [3.05, 3.63) is 108 Å². The number of carbonyl (C=O) groups is 3. The molecule has 0 aliphatic carbocycles. The largest absolute Gasteiger partial charge is 0.368 e. The number of amides is 3. The van der Waals surface area contributed by atoms with Crippen molar-refractivity contribution in [2.75, 3.05) is 6.54 Å². The first-order valence-corrected chi connectivity index (χ1v) is 13.7. The van der Waals surface area contributed by atoms with Gasteiger partial charge in [-0.15, -0.1) is 0 Å². The third-order valence-electron chi connectivity index (χ3n) is 7.57. The van der Waals surface area contributed by atoms with Crippen LogP contribution in [0.3, 0.4) is 0 Å². The lowest BCUT2D eigenvalue weighted by atomic mass is 10.0. The molecule has 1 saturated heterocycles. The van der Waals surface area contributed by atoms with Crippen LogP contribution < -0.4 is 16.4 Å². The van der Waals surface area contributed by atoms with Crippen molar-refractivity contribution in [2.24, 2.45) is 5.73 Å². The van der Waals surface area contributed by atoms with Gasteiger partial charge < -0.3 is 21.4 Å². The zero-order valence-corrected chi connectivity index (χ0v) is 22.4. The van der Waals surface area contributed by atoms with E-state index in [2.05, 4.69) is 32.7 Å². The van der Waals surface area contributed by atoms with Gasteiger partial charge in [0.1, 0.15) is 12.1 Å². The van der Waals surface area contributed by atoms with Gasteiger partial charge in [-0.05, 0) is 42.1 Å².